The van der Waals surface area contributed by atoms with Gasteiger partial charge in [-0.3, -0.25) is 0 Å². The number of aliphatic hydroxyl groups is 1. The van der Waals surface area contributed by atoms with Crippen molar-refractivity contribution in [2.24, 2.45) is 5.92 Å². The minimum atomic E-state index is 0.145. The fraction of sp³-hybridized carbons (Fsp3) is 0.600. The van der Waals surface area contributed by atoms with Crippen LogP contribution in [-0.2, 0) is 0 Å². The van der Waals surface area contributed by atoms with E-state index in [9.17, 15) is 5.11 Å². The van der Waals surface area contributed by atoms with Crippen molar-refractivity contribution < 1.29 is 9.84 Å². The largest absolute Gasteiger partial charge is 0.492 e. The van der Waals surface area contributed by atoms with Gasteiger partial charge in [-0.15, -0.1) is 0 Å². The van der Waals surface area contributed by atoms with Gasteiger partial charge in [0.25, 0.3) is 0 Å². The van der Waals surface area contributed by atoms with Crippen LogP contribution in [0.5, 0.6) is 5.75 Å². The third kappa shape index (κ3) is 4.31. The van der Waals surface area contributed by atoms with Crippen LogP contribution in [-0.4, -0.2) is 30.9 Å². The molecule has 1 unspecified atom stereocenters. The van der Waals surface area contributed by atoms with Gasteiger partial charge in [0.15, 0.2) is 0 Å². The first-order valence-electron chi connectivity index (χ1n) is 6.59. The Morgan fingerprint density at radius 3 is 2.33 bits per heavy atom. The zero-order valence-electron chi connectivity index (χ0n) is 11.9. The molecule has 0 amide bonds. The summed E-state index contributed by atoms with van der Waals surface area (Å²) in [6.07, 6.45) is 0. The fourth-order valence-electron chi connectivity index (χ4n) is 1.94. The molecule has 1 aromatic rings. The zero-order chi connectivity index (χ0) is 13.5. The Morgan fingerprint density at radius 1 is 1.22 bits per heavy atom. The van der Waals surface area contributed by atoms with Crippen LogP contribution in [0.2, 0.25) is 0 Å². The highest BCUT2D eigenvalue weighted by molar-refractivity contribution is 5.39. The highest BCUT2D eigenvalue weighted by atomic mass is 16.5. The van der Waals surface area contributed by atoms with Gasteiger partial charge in [0, 0.05) is 12.6 Å². The van der Waals surface area contributed by atoms with E-state index in [4.69, 9.17) is 4.74 Å². The van der Waals surface area contributed by atoms with Crippen molar-refractivity contribution in [2.75, 3.05) is 19.8 Å². The van der Waals surface area contributed by atoms with Gasteiger partial charge < -0.3 is 15.2 Å². The average Bonchev–Trinajstić information content (AvgIpc) is 2.31. The molecule has 3 heteroatoms. The maximum absolute atomic E-state index is 9.20. The number of benzene rings is 1. The van der Waals surface area contributed by atoms with Crippen LogP contribution in [0.1, 0.15) is 25.0 Å². The molecule has 3 nitrogen and oxygen atoms in total. The first kappa shape index (κ1) is 15.0. The van der Waals surface area contributed by atoms with Gasteiger partial charge in [-0.2, -0.15) is 0 Å². The quantitative estimate of drug-likeness (QED) is 0.731. The minimum Gasteiger partial charge on any atom is -0.492 e. The molecular weight excluding hydrogens is 226 g/mol. The highest BCUT2D eigenvalue weighted by Gasteiger charge is 2.10. The monoisotopic (exact) mass is 251 g/mol. The lowest BCUT2D eigenvalue weighted by Crippen LogP contribution is -2.39. The molecule has 1 atom stereocenters. The highest BCUT2D eigenvalue weighted by Crippen LogP contribution is 2.21. The molecule has 1 aromatic carbocycles. The van der Waals surface area contributed by atoms with E-state index in [2.05, 4.69) is 45.1 Å². The van der Waals surface area contributed by atoms with Crippen molar-refractivity contribution in [1.82, 2.24) is 5.32 Å². The van der Waals surface area contributed by atoms with E-state index in [0.717, 1.165) is 23.4 Å². The second-order valence-electron chi connectivity index (χ2n) is 5.06. The summed E-state index contributed by atoms with van der Waals surface area (Å²) in [5.74, 6) is 1.40. The summed E-state index contributed by atoms with van der Waals surface area (Å²) in [7, 11) is 0. The van der Waals surface area contributed by atoms with Crippen LogP contribution in [0.4, 0.5) is 0 Å². The Balaban J connectivity index is 2.38. The Kier molecular flexibility index (Phi) is 6.16. The molecule has 0 heterocycles. The number of para-hydroxylation sites is 1. The van der Waals surface area contributed by atoms with Crippen LogP contribution < -0.4 is 10.1 Å². The maximum Gasteiger partial charge on any atom is 0.125 e. The minimum absolute atomic E-state index is 0.145. The first-order valence-corrected chi connectivity index (χ1v) is 6.59. The number of aryl methyl sites for hydroxylation is 2. The summed E-state index contributed by atoms with van der Waals surface area (Å²) in [6, 6.07) is 6.29. The molecule has 0 saturated heterocycles. The Bertz CT molecular complexity index is 343. The Labute approximate surface area is 110 Å². The standard InChI is InChI=1S/C15H25NO2/c1-11(2)14(10-17)16-8-9-18-15-12(3)6-5-7-13(15)4/h5-7,11,14,16-17H,8-10H2,1-4H3. The molecule has 0 aliphatic heterocycles. The van der Waals surface area contributed by atoms with E-state index in [1.165, 1.54) is 0 Å². The normalized spacial score (nSPS) is 12.8. The summed E-state index contributed by atoms with van der Waals surface area (Å²) in [4.78, 5) is 0. The molecule has 18 heavy (non-hydrogen) atoms. The Morgan fingerprint density at radius 2 is 1.83 bits per heavy atom. The van der Waals surface area contributed by atoms with Crippen LogP contribution >= 0.6 is 0 Å². The van der Waals surface area contributed by atoms with Gasteiger partial charge in [0.05, 0.1) is 6.61 Å². The third-order valence-electron chi connectivity index (χ3n) is 3.17. The summed E-state index contributed by atoms with van der Waals surface area (Å²) < 4.78 is 5.80. The number of hydrogen-bond donors (Lipinski definition) is 2. The lowest BCUT2D eigenvalue weighted by atomic mass is 10.1. The second-order valence-corrected chi connectivity index (χ2v) is 5.06. The van der Waals surface area contributed by atoms with Crippen molar-refractivity contribution in [2.45, 2.75) is 33.7 Å². The summed E-state index contributed by atoms with van der Waals surface area (Å²) in [6.45, 7) is 9.84. The molecule has 102 valence electrons. The van der Waals surface area contributed by atoms with E-state index in [-0.39, 0.29) is 12.6 Å². The number of nitrogens with one attached hydrogen (secondary N) is 1. The molecule has 1 rings (SSSR count). The number of aliphatic hydroxyl groups excluding tert-OH is 1. The molecule has 0 fully saturated rings. The van der Waals surface area contributed by atoms with E-state index >= 15 is 0 Å². The van der Waals surface area contributed by atoms with Crippen molar-refractivity contribution in [1.29, 1.82) is 0 Å². The number of rotatable bonds is 7. The lowest BCUT2D eigenvalue weighted by Gasteiger charge is -2.20. The maximum atomic E-state index is 9.20. The molecule has 0 spiro atoms. The van der Waals surface area contributed by atoms with Crippen LogP contribution in [0.3, 0.4) is 0 Å². The van der Waals surface area contributed by atoms with E-state index in [0.29, 0.717) is 12.5 Å². The van der Waals surface area contributed by atoms with Crippen molar-refractivity contribution >= 4 is 0 Å². The summed E-state index contributed by atoms with van der Waals surface area (Å²) in [5, 5.41) is 12.5. The predicted molar refractivity (Wildman–Crippen MR) is 75.1 cm³/mol. The van der Waals surface area contributed by atoms with Gasteiger partial charge in [-0.05, 0) is 30.9 Å². The van der Waals surface area contributed by atoms with Crippen LogP contribution in [0, 0.1) is 19.8 Å². The van der Waals surface area contributed by atoms with Crippen LogP contribution in [0.15, 0.2) is 18.2 Å². The van der Waals surface area contributed by atoms with Gasteiger partial charge >= 0.3 is 0 Å². The SMILES string of the molecule is Cc1cccc(C)c1OCCNC(CO)C(C)C. The van der Waals surface area contributed by atoms with Crippen molar-refractivity contribution in [3.8, 4) is 5.75 Å². The predicted octanol–water partition coefficient (Wildman–Crippen LogP) is 2.29. The molecule has 0 aromatic heterocycles. The molecule has 0 saturated carbocycles. The summed E-state index contributed by atoms with van der Waals surface area (Å²) in [5.41, 5.74) is 2.33. The van der Waals surface area contributed by atoms with Gasteiger partial charge in [-0.1, -0.05) is 32.0 Å². The van der Waals surface area contributed by atoms with Gasteiger partial charge in [-0.25, -0.2) is 0 Å². The van der Waals surface area contributed by atoms with Crippen molar-refractivity contribution in [3.05, 3.63) is 29.3 Å². The van der Waals surface area contributed by atoms with E-state index in [1.54, 1.807) is 0 Å². The summed E-state index contributed by atoms with van der Waals surface area (Å²) >= 11 is 0. The molecule has 0 bridgehead atoms. The molecular formula is C15H25NO2. The van der Waals surface area contributed by atoms with Crippen molar-refractivity contribution in [3.63, 3.8) is 0 Å². The number of ether oxygens (including phenoxy) is 1. The fourth-order valence-corrected chi connectivity index (χ4v) is 1.94. The average molecular weight is 251 g/mol. The van der Waals surface area contributed by atoms with E-state index < -0.39 is 0 Å². The molecule has 0 radical (unpaired) electrons. The van der Waals surface area contributed by atoms with Gasteiger partial charge in [0.1, 0.15) is 12.4 Å². The molecule has 2 N–H and O–H groups in total. The van der Waals surface area contributed by atoms with Crippen LogP contribution in [0.25, 0.3) is 0 Å². The van der Waals surface area contributed by atoms with E-state index in [1.807, 2.05) is 6.07 Å². The zero-order valence-corrected chi connectivity index (χ0v) is 11.9. The lowest BCUT2D eigenvalue weighted by molar-refractivity contribution is 0.201. The smallest absolute Gasteiger partial charge is 0.125 e. The molecule has 0 aliphatic carbocycles. The van der Waals surface area contributed by atoms with Gasteiger partial charge in [0.2, 0.25) is 0 Å². The first-order chi connectivity index (χ1) is 8.56. The Hall–Kier alpha value is -1.06. The molecule has 0 aliphatic rings. The third-order valence-corrected chi connectivity index (χ3v) is 3.17. The second kappa shape index (κ2) is 7.39. The topological polar surface area (TPSA) is 41.5 Å². The number of hydrogen-bond acceptors (Lipinski definition) is 3.